The van der Waals surface area contributed by atoms with Crippen molar-refractivity contribution in [2.45, 2.75) is 25.6 Å². The molecular formula is C15H18F2N4O2. The van der Waals surface area contributed by atoms with Crippen LogP contribution in [0.15, 0.2) is 36.9 Å². The van der Waals surface area contributed by atoms with Crippen molar-refractivity contribution >= 4 is 6.03 Å². The third kappa shape index (κ3) is 5.03. The number of urea groups is 1. The van der Waals surface area contributed by atoms with Gasteiger partial charge >= 0.3 is 6.03 Å². The lowest BCUT2D eigenvalue weighted by atomic mass is 10.1. The molecule has 0 spiro atoms. The van der Waals surface area contributed by atoms with Crippen LogP contribution in [-0.4, -0.2) is 33.3 Å². The van der Waals surface area contributed by atoms with Gasteiger partial charge in [-0.3, -0.25) is 0 Å². The van der Waals surface area contributed by atoms with E-state index in [-0.39, 0.29) is 18.2 Å². The van der Waals surface area contributed by atoms with E-state index in [2.05, 4.69) is 15.6 Å². The van der Waals surface area contributed by atoms with Crippen LogP contribution in [0.25, 0.3) is 0 Å². The fourth-order valence-corrected chi connectivity index (χ4v) is 2.06. The van der Waals surface area contributed by atoms with Crippen LogP contribution in [0.2, 0.25) is 0 Å². The van der Waals surface area contributed by atoms with E-state index in [4.69, 9.17) is 0 Å². The molecule has 1 heterocycles. The first-order valence-corrected chi connectivity index (χ1v) is 7.09. The highest BCUT2D eigenvalue weighted by Crippen LogP contribution is 2.15. The number of rotatable bonds is 6. The Morgan fingerprint density at radius 1 is 1.39 bits per heavy atom. The van der Waals surface area contributed by atoms with Crippen molar-refractivity contribution in [3.63, 3.8) is 0 Å². The minimum atomic E-state index is -1.13. The molecule has 0 saturated carbocycles. The van der Waals surface area contributed by atoms with E-state index in [1.165, 1.54) is 6.07 Å². The highest BCUT2D eigenvalue weighted by atomic mass is 19.2. The molecule has 0 fully saturated rings. The Hall–Kier alpha value is -2.48. The Morgan fingerprint density at radius 3 is 2.83 bits per heavy atom. The summed E-state index contributed by atoms with van der Waals surface area (Å²) in [5.74, 6) is -2.03. The SMILES string of the molecule is CC(Cn1ccnc1)NC(=O)NCC(O)c1ccc(F)c(F)c1. The molecule has 6 nitrogen and oxygen atoms in total. The summed E-state index contributed by atoms with van der Waals surface area (Å²) < 4.78 is 27.8. The van der Waals surface area contributed by atoms with E-state index in [0.717, 1.165) is 12.1 Å². The fourth-order valence-electron chi connectivity index (χ4n) is 2.06. The maximum absolute atomic E-state index is 13.1. The van der Waals surface area contributed by atoms with E-state index < -0.39 is 23.8 Å². The summed E-state index contributed by atoms with van der Waals surface area (Å²) in [6.07, 6.45) is 3.94. The highest BCUT2D eigenvalue weighted by Gasteiger charge is 2.13. The summed E-state index contributed by atoms with van der Waals surface area (Å²) in [6.45, 7) is 2.26. The number of hydrogen-bond acceptors (Lipinski definition) is 3. The molecule has 2 rings (SSSR count). The summed E-state index contributed by atoms with van der Waals surface area (Å²) >= 11 is 0. The van der Waals surface area contributed by atoms with Crippen LogP contribution in [0, 0.1) is 11.6 Å². The van der Waals surface area contributed by atoms with Gasteiger partial charge in [0.25, 0.3) is 0 Å². The number of hydrogen-bond donors (Lipinski definition) is 3. The zero-order chi connectivity index (χ0) is 16.8. The summed E-state index contributed by atoms with van der Waals surface area (Å²) in [6, 6.07) is 2.50. The Kier molecular flexibility index (Phi) is 5.64. The van der Waals surface area contributed by atoms with Gasteiger partial charge in [0, 0.05) is 31.5 Å². The maximum Gasteiger partial charge on any atom is 0.315 e. The van der Waals surface area contributed by atoms with Gasteiger partial charge in [-0.2, -0.15) is 0 Å². The molecule has 0 aliphatic rings. The molecule has 0 aliphatic carbocycles. The van der Waals surface area contributed by atoms with Gasteiger partial charge in [-0.25, -0.2) is 18.6 Å². The molecule has 3 N–H and O–H groups in total. The first-order chi connectivity index (χ1) is 11.0. The Bertz CT molecular complexity index is 649. The van der Waals surface area contributed by atoms with Gasteiger partial charge in [0.2, 0.25) is 0 Å². The lowest BCUT2D eigenvalue weighted by Crippen LogP contribution is -2.43. The van der Waals surface area contributed by atoms with Gasteiger partial charge in [-0.15, -0.1) is 0 Å². The van der Waals surface area contributed by atoms with Gasteiger partial charge in [0.05, 0.1) is 12.4 Å². The predicted octanol–water partition coefficient (Wildman–Crippen LogP) is 1.58. The molecule has 1 aromatic carbocycles. The number of halogens is 2. The van der Waals surface area contributed by atoms with Gasteiger partial charge < -0.3 is 20.3 Å². The Morgan fingerprint density at radius 2 is 2.17 bits per heavy atom. The number of carbonyl (C=O) groups is 1. The van der Waals surface area contributed by atoms with Crippen molar-refractivity contribution in [1.82, 2.24) is 20.2 Å². The lowest BCUT2D eigenvalue weighted by molar-refractivity contribution is 0.172. The normalized spacial score (nSPS) is 13.4. The third-order valence-electron chi connectivity index (χ3n) is 3.21. The number of benzene rings is 1. The number of carbonyl (C=O) groups excluding carboxylic acids is 1. The van der Waals surface area contributed by atoms with E-state index in [0.29, 0.717) is 6.54 Å². The predicted molar refractivity (Wildman–Crippen MR) is 79.5 cm³/mol. The molecule has 23 heavy (non-hydrogen) atoms. The second-order valence-electron chi connectivity index (χ2n) is 5.20. The summed E-state index contributed by atoms with van der Waals surface area (Å²) in [5, 5.41) is 15.1. The van der Waals surface area contributed by atoms with E-state index in [1.807, 2.05) is 11.5 Å². The molecular weight excluding hydrogens is 306 g/mol. The summed E-state index contributed by atoms with van der Waals surface area (Å²) in [5.41, 5.74) is 0.190. The number of aromatic nitrogens is 2. The quantitative estimate of drug-likeness (QED) is 0.755. The number of aliphatic hydroxyl groups excluding tert-OH is 1. The number of imidazole rings is 1. The van der Waals surface area contributed by atoms with Crippen LogP contribution in [0.1, 0.15) is 18.6 Å². The highest BCUT2D eigenvalue weighted by molar-refractivity contribution is 5.74. The first kappa shape index (κ1) is 16.9. The minimum absolute atomic E-state index is 0.116. The topological polar surface area (TPSA) is 79.2 Å². The zero-order valence-corrected chi connectivity index (χ0v) is 12.5. The largest absolute Gasteiger partial charge is 0.387 e. The van der Waals surface area contributed by atoms with Crippen molar-refractivity contribution in [1.29, 1.82) is 0 Å². The smallest absolute Gasteiger partial charge is 0.315 e. The van der Waals surface area contributed by atoms with Crippen molar-refractivity contribution < 1.29 is 18.7 Å². The molecule has 2 amide bonds. The van der Waals surface area contributed by atoms with Crippen molar-refractivity contribution in [3.8, 4) is 0 Å². The van der Waals surface area contributed by atoms with Crippen LogP contribution in [0.3, 0.4) is 0 Å². The molecule has 2 aromatic rings. The lowest BCUT2D eigenvalue weighted by Gasteiger charge is -2.17. The monoisotopic (exact) mass is 324 g/mol. The second kappa shape index (κ2) is 7.68. The number of nitrogens with one attached hydrogen (secondary N) is 2. The fraction of sp³-hybridized carbons (Fsp3) is 0.333. The molecule has 124 valence electrons. The Balaban J connectivity index is 1.77. The molecule has 0 saturated heterocycles. The average Bonchev–Trinajstić information content (AvgIpc) is 3.00. The first-order valence-electron chi connectivity index (χ1n) is 7.09. The van der Waals surface area contributed by atoms with Gasteiger partial charge in [-0.05, 0) is 24.6 Å². The zero-order valence-electron chi connectivity index (χ0n) is 12.5. The molecule has 0 bridgehead atoms. The molecule has 0 radical (unpaired) electrons. The number of nitrogens with zero attached hydrogens (tertiary/aromatic N) is 2. The van der Waals surface area contributed by atoms with Crippen molar-refractivity contribution in [2.24, 2.45) is 0 Å². The van der Waals surface area contributed by atoms with E-state index in [1.54, 1.807) is 18.7 Å². The van der Waals surface area contributed by atoms with Crippen molar-refractivity contribution in [2.75, 3.05) is 6.54 Å². The third-order valence-corrected chi connectivity index (χ3v) is 3.21. The maximum atomic E-state index is 13.1. The molecule has 0 aliphatic heterocycles. The van der Waals surface area contributed by atoms with Gasteiger partial charge in [0.15, 0.2) is 11.6 Å². The van der Waals surface area contributed by atoms with E-state index in [9.17, 15) is 18.7 Å². The second-order valence-corrected chi connectivity index (χ2v) is 5.20. The van der Waals surface area contributed by atoms with Crippen LogP contribution in [0.5, 0.6) is 0 Å². The standard InChI is InChI=1S/C15H18F2N4O2/c1-10(8-21-5-4-18-9-21)20-15(23)19-7-14(22)11-2-3-12(16)13(17)6-11/h2-6,9-10,14,22H,7-8H2,1H3,(H2,19,20,23). The van der Waals surface area contributed by atoms with Crippen molar-refractivity contribution in [3.05, 3.63) is 54.1 Å². The summed E-state index contributed by atoms with van der Waals surface area (Å²) in [4.78, 5) is 15.7. The average molecular weight is 324 g/mol. The Labute approximate surface area is 132 Å². The van der Waals surface area contributed by atoms with Gasteiger partial charge in [0.1, 0.15) is 0 Å². The van der Waals surface area contributed by atoms with Gasteiger partial charge in [-0.1, -0.05) is 6.07 Å². The van der Waals surface area contributed by atoms with E-state index >= 15 is 0 Å². The molecule has 2 atom stereocenters. The number of aliphatic hydroxyl groups is 1. The molecule has 1 aromatic heterocycles. The minimum Gasteiger partial charge on any atom is -0.387 e. The molecule has 2 unspecified atom stereocenters. The number of amides is 2. The molecule has 8 heteroatoms. The van der Waals surface area contributed by atoms with Crippen LogP contribution < -0.4 is 10.6 Å². The van der Waals surface area contributed by atoms with Crippen LogP contribution in [0.4, 0.5) is 13.6 Å². The summed E-state index contributed by atoms with van der Waals surface area (Å²) in [7, 11) is 0. The van der Waals surface area contributed by atoms with Crippen LogP contribution in [-0.2, 0) is 6.54 Å². The van der Waals surface area contributed by atoms with Crippen LogP contribution >= 0.6 is 0 Å².